The van der Waals surface area contributed by atoms with E-state index in [1.807, 2.05) is 0 Å². The second-order valence-electron chi connectivity index (χ2n) is 14.8. The van der Waals surface area contributed by atoms with Crippen molar-refractivity contribution >= 4 is 17.1 Å². The van der Waals surface area contributed by atoms with Gasteiger partial charge in [-0.15, -0.1) is 0 Å². The van der Waals surface area contributed by atoms with Crippen LogP contribution in [-0.4, -0.2) is 0 Å². The molecule has 2 aliphatic carbocycles. The van der Waals surface area contributed by atoms with E-state index >= 15 is 0 Å². The monoisotopic (exact) mass is 711 g/mol. The number of benzene rings is 9. The highest BCUT2D eigenvalue weighted by atomic mass is 15.2. The highest BCUT2D eigenvalue weighted by Crippen LogP contribution is 2.65. The van der Waals surface area contributed by atoms with Crippen molar-refractivity contribution < 1.29 is 0 Å². The number of rotatable bonds is 6. The molecule has 1 spiro atoms. The van der Waals surface area contributed by atoms with Crippen molar-refractivity contribution in [3.8, 4) is 55.6 Å². The van der Waals surface area contributed by atoms with Crippen molar-refractivity contribution in [3.63, 3.8) is 0 Å². The number of hydrogen-bond acceptors (Lipinski definition) is 1. The van der Waals surface area contributed by atoms with Gasteiger partial charge >= 0.3 is 0 Å². The Labute approximate surface area is 328 Å². The first-order valence-electron chi connectivity index (χ1n) is 19.4. The molecule has 0 aromatic heterocycles. The number of anilines is 3. The van der Waals surface area contributed by atoms with E-state index in [4.69, 9.17) is 0 Å². The van der Waals surface area contributed by atoms with Crippen LogP contribution in [0, 0.1) is 0 Å². The average molecular weight is 712 g/mol. The second kappa shape index (κ2) is 13.0. The summed E-state index contributed by atoms with van der Waals surface area (Å²) in [6.45, 7) is 0. The first kappa shape index (κ1) is 32.2. The lowest BCUT2D eigenvalue weighted by atomic mass is 9.70. The number of nitrogens with zero attached hydrogens (tertiary/aromatic N) is 1. The molecular weight excluding hydrogens is 675 g/mol. The number of fused-ring (bicyclic) bond motifs is 10. The van der Waals surface area contributed by atoms with Gasteiger partial charge in [-0.25, -0.2) is 0 Å². The van der Waals surface area contributed by atoms with Gasteiger partial charge in [0, 0.05) is 16.7 Å². The lowest BCUT2D eigenvalue weighted by Gasteiger charge is -2.33. The summed E-state index contributed by atoms with van der Waals surface area (Å²) in [6, 6.07) is 82.5. The molecule has 0 saturated heterocycles. The maximum atomic E-state index is 2.53. The Kier molecular flexibility index (Phi) is 7.47. The molecule has 1 nitrogen and oxygen atoms in total. The fourth-order valence-electron chi connectivity index (χ4n) is 9.62. The van der Waals surface area contributed by atoms with Crippen molar-refractivity contribution in [3.05, 3.63) is 247 Å². The third kappa shape index (κ3) is 4.74. The highest BCUT2D eigenvalue weighted by molar-refractivity contribution is 6.04. The molecule has 0 fully saturated rings. The number of para-hydroxylation sites is 2. The van der Waals surface area contributed by atoms with Crippen LogP contribution in [0.2, 0.25) is 0 Å². The third-order valence-corrected chi connectivity index (χ3v) is 11.9. The summed E-state index contributed by atoms with van der Waals surface area (Å²) < 4.78 is 0. The Morgan fingerprint density at radius 2 is 0.679 bits per heavy atom. The maximum Gasteiger partial charge on any atom is 0.0726 e. The number of hydrogen-bond donors (Lipinski definition) is 0. The summed E-state index contributed by atoms with van der Waals surface area (Å²) in [5.74, 6) is 0. The molecule has 0 N–H and O–H groups in total. The van der Waals surface area contributed by atoms with E-state index in [2.05, 4.69) is 229 Å². The van der Waals surface area contributed by atoms with E-state index in [1.54, 1.807) is 0 Å². The Morgan fingerprint density at radius 1 is 0.250 bits per heavy atom. The fourth-order valence-corrected chi connectivity index (χ4v) is 9.62. The van der Waals surface area contributed by atoms with Gasteiger partial charge in [0.2, 0.25) is 0 Å². The van der Waals surface area contributed by atoms with E-state index in [1.165, 1.54) is 77.9 Å². The topological polar surface area (TPSA) is 3.24 Å². The van der Waals surface area contributed by atoms with E-state index in [9.17, 15) is 0 Å². The molecule has 0 heterocycles. The third-order valence-electron chi connectivity index (χ3n) is 11.9. The zero-order valence-electron chi connectivity index (χ0n) is 30.8. The van der Waals surface area contributed by atoms with Gasteiger partial charge in [-0.05, 0) is 85.5 Å². The Bertz CT molecular complexity index is 2780. The molecule has 0 radical (unpaired) electrons. The Balaban J connectivity index is 1.27. The van der Waals surface area contributed by atoms with Crippen LogP contribution in [-0.2, 0) is 5.41 Å². The molecule has 262 valence electrons. The molecule has 9 aromatic carbocycles. The minimum absolute atomic E-state index is 0.498. The molecule has 2 aliphatic rings. The summed E-state index contributed by atoms with van der Waals surface area (Å²) in [5.41, 5.74) is 20.5. The van der Waals surface area contributed by atoms with Gasteiger partial charge in [0.15, 0.2) is 0 Å². The minimum Gasteiger partial charge on any atom is -0.309 e. The molecule has 0 unspecified atom stereocenters. The summed E-state index contributed by atoms with van der Waals surface area (Å²) >= 11 is 0. The van der Waals surface area contributed by atoms with Crippen molar-refractivity contribution in [1.29, 1.82) is 0 Å². The van der Waals surface area contributed by atoms with E-state index in [-0.39, 0.29) is 0 Å². The predicted octanol–water partition coefficient (Wildman–Crippen LogP) is 14.5. The average Bonchev–Trinajstić information content (AvgIpc) is 3.75. The molecule has 0 bridgehead atoms. The second-order valence-corrected chi connectivity index (χ2v) is 14.8. The summed E-state index contributed by atoms with van der Waals surface area (Å²) in [5, 5.41) is 0. The molecule has 56 heavy (non-hydrogen) atoms. The quantitative estimate of drug-likeness (QED) is 0.166. The predicted molar refractivity (Wildman–Crippen MR) is 234 cm³/mol. The molecule has 0 amide bonds. The standard InChI is InChI=1S/C55H37N/c1-4-19-38(20-5-1)41-35-36-46-50(37-41)55(47-29-14-10-27-44(47)45-28-11-15-30-48(45)55)49-31-18-34-53(54(46)49)56(51-32-16-12-25-42(51)39-21-6-2-7-22-39)52-33-17-13-26-43(52)40-23-8-3-9-24-40/h1-37H. The molecule has 0 saturated carbocycles. The van der Waals surface area contributed by atoms with Gasteiger partial charge in [0.1, 0.15) is 0 Å². The van der Waals surface area contributed by atoms with Crippen LogP contribution in [0.15, 0.2) is 224 Å². The van der Waals surface area contributed by atoms with Crippen LogP contribution in [0.3, 0.4) is 0 Å². The van der Waals surface area contributed by atoms with Crippen LogP contribution < -0.4 is 4.90 Å². The lowest BCUT2D eigenvalue weighted by molar-refractivity contribution is 0.794. The SMILES string of the molecule is c1ccc(-c2ccc3c(c2)C2(c4ccccc4-c4ccccc42)c2cccc(N(c4ccccc4-c4ccccc4)c4ccccc4-c4ccccc4)c2-3)cc1. The molecule has 9 aromatic rings. The smallest absolute Gasteiger partial charge is 0.0726 e. The van der Waals surface area contributed by atoms with Crippen molar-refractivity contribution in [2.45, 2.75) is 5.41 Å². The molecule has 0 aliphatic heterocycles. The van der Waals surface area contributed by atoms with Crippen LogP contribution in [0.4, 0.5) is 17.1 Å². The lowest BCUT2D eigenvalue weighted by Crippen LogP contribution is -2.26. The summed E-state index contributed by atoms with van der Waals surface area (Å²) in [6.07, 6.45) is 0. The van der Waals surface area contributed by atoms with E-state index in [0.717, 1.165) is 17.1 Å². The van der Waals surface area contributed by atoms with Gasteiger partial charge in [0.05, 0.1) is 22.5 Å². The minimum atomic E-state index is -0.498. The van der Waals surface area contributed by atoms with E-state index < -0.39 is 5.41 Å². The van der Waals surface area contributed by atoms with Gasteiger partial charge in [-0.3, -0.25) is 0 Å². The molecular formula is C55H37N. The fraction of sp³-hybridized carbons (Fsp3) is 0.0182. The molecule has 0 atom stereocenters. The highest BCUT2D eigenvalue weighted by Gasteiger charge is 2.52. The Hall–Kier alpha value is -7.22. The molecule has 1 heteroatoms. The van der Waals surface area contributed by atoms with Crippen molar-refractivity contribution in [2.24, 2.45) is 0 Å². The molecule has 11 rings (SSSR count). The van der Waals surface area contributed by atoms with E-state index in [0.29, 0.717) is 0 Å². The van der Waals surface area contributed by atoms with Gasteiger partial charge in [-0.1, -0.05) is 200 Å². The van der Waals surface area contributed by atoms with Crippen molar-refractivity contribution in [2.75, 3.05) is 4.90 Å². The first-order chi connectivity index (χ1) is 27.8. The maximum absolute atomic E-state index is 2.53. The Morgan fingerprint density at radius 3 is 1.23 bits per heavy atom. The first-order valence-corrected chi connectivity index (χ1v) is 19.4. The zero-order chi connectivity index (χ0) is 37.1. The van der Waals surface area contributed by atoms with Gasteiger partial charge in [-0.2, -0.15) is 0 Å². The zero-order valence-corrected chi connectivity index (χ0v) is 30.8. The van der Waals surface area contributed by atoms with Gasteiger partial charge in [0.25, 0.3) is 0 Å². The van der Waals surface area contributed by atoms with Gasteiger partial charge < -0.3 is 4.90 Å². The van der Waals surface area contributed by atoms with Crippen molar-refractivity contribution in [1.82, 2.24) is 0 Å². The van der Waals surface area contributed by atoms with Crippen LogP contribution in [0.25, 0.3) is 55.6 Å². The summed E-state index contributed by atoms with van der Waals surface area (Å²) in [7, 11) is 0. The normalized spacial score (nSPS) is 12.8. The van der Waals surface area contributed by atoms with Crippen LogP contribution in [0.1, 0.15) is 22.3 Å². The van der Waals surface area contributed by atoms with Crippen LogP contribution in [0.5, 0.6) is 0 Å². The largest absolute Gasteiger partial charge is 0.309 e. The van der Waals surface area contributed by atoms with Crippen LogP contribution >= 0.6 is 0 Å². The summed E-state index contributed by atoms with van der Waals surface area (Å²) in [4.78, 5) is 2.53.